The normalized spacial score (nSPS) is 15.2. The SMILES string of the molecule is O=C1c2c(cccc2NCc2ccncc2)CN1C1=CC=C(Oc2ccccc2)CC1. The van der Waals surface area contributed by atoms with Crippen molar-refractivity contribution in [2.24, 2.45) is 0 Å². The fraction of sp³-hybridized carbons (Fsp3) is 0.154. The molecule has 1 aliphatic carbocycles. The number of carbonyl (C=O) groups excluding carboxylic acids is 1. The van der Waals surface area contributed by atoms with Crippen molar-refractivity contribution in [2.45, 2.75) is 25.9 Å². The number of rotatable bonds is 6. The fourth-order valence-corrected chi connectivity index (χ4v) is 4.00. The Labute approximate surface area is 181 Å². The van der Waals surface area contributed by atoms with Gasteiger partial charge < -0.3 is 15.0 Å². The lowest BCUT2D eigenvalue weighted by Crippen LogP contribution is -2.24. The van der Waals surface area contributed by atoms with E-state index in [1.807, 2.05) is 77.7 Å². The zero-order chi connectivity index (χ0) is 21.0. The van der Waals surface area contributed by atoms with Gasteiger partial charge in [-0.25, -0.2) is 0 Å². The summed E-state index contributed by atoms with van der Waals surface area (Å²) >= 11 is 0. The number of fused-ring (bicyclic) bond motifs is 1. The van der Waals surface area contributed by atoms with Gasteiger partial charge in [-0.2, -0.15) is 0 Å². The molecular formula is C26H23N3O2. The van der Waals surface area contributed by atoms with Crippen LogP contribution in [0.5, 0.6) is 5.75 Å². The maximum atomic E-state index is 13.3. The minimum absolute atomic E-state index is 0.0555. The highest BCUT2D eigenvalue weighted by Crippen LogP contribution is 2.34. The van der Waals surface area contributed by atoms with E-state index >= 15 is 0 Å². The average Bonchev–Trinajstić information content (AvgIpc) is 3.17. The molecule has 1 amide bonds. The Morgan fingerprint density at radius 1 is 0.935 bits per heavy atom. The minimum atomic E-state index is 0.0555. The summed E-state index contributed by atoms with van der Waals surface area (Å²) in [5.41, 5.74) is 4.86. The van der Waals surface area contributed by atoms with Crippen LogP contribution in [-0.2, 0) is 13.1 Å². The second-order valence-electron chi connectivity index (χ2n) is 7.65. The summed E-state index contributed by atoms with van der Waals surface area (Å²) in [5, 5.41) is 3.42. The van der Waals surface area contributed by atoms with Crippen molar-refractivity contribution >= 4 is 11.6 Å². The number of allylic oxidation sites excluding steroid dienone is 4. The standard InChI is InChI=1S/C26H23N3O2/c30-26-25-20(5-4-8-24(25)28-17-19-13-15-27-16-14-19)18-29(26)21-9-11-23(12-10-21)31-22-6-2-1-3-7-22/h1-9,11,13-16,28H,10,12,17-18H2. The summed E-state index contributed by atoms with van der Waals surface area (Å²) in [5.74, 6) is 1.80. The molecule has 0 unspecified atom stereocenters. The number of carbonyl (C=O) groups is 1. The lowest BCUT2D eigenvalue weighted by atomic mass is 10.1. The number of hydrogen-bond donors (Lipinski definition) is 1. The highest BCUT2D eigenvalue weighted by atomic mass is 16.5. The monoisotopic (exact) mass is 409 g/mol. The molecule has 0 atom stereocenters. The van der Waals surface area contributed by atoms with Gasteiger partial charge in [0.25, 0.3) is 5.91 Å². The zero-order valence-corrected chi connectivity index (χ0v) is 17.1. The molecule has 1 aromatic heterocycles. The molecule has 1 N–H and O–H groups in total. The quantitative estimate of drug-likeness (QED) is 0.601. The van der Waals surface area contributed by atoms with E-state index in [1.54, 1.807) is 12.4 Å². The Balaban J connectivity index is 1.31. The molecule has 5 rings (SSSR count). The van der Waals surface area contributed by atoms with Gasteiger partial charge in [-0.15, -0.1) is 0 Å². The Bertz CT molecular complexity index is 1150. The van der Waals surface area contributed by atoms with Gasteiger partial charge in [0, 0.05) is 36.7 Å². The molecule has 0 spiro atoms. The molecular weight excluding hydrogens is 386 g/mol. The van der Waals surface area contributed by atoms with Crippen LogP contribution < -0.4 is 10.1 Å². The molecule has 2 aromatic carbocycles. The number of benzene rings is 2. The van der Waals surface area contributed by atoms with Crippen LogP contribution in [0.1, 0.15) is 34.3 Å². The lowest BCUT2D eigenvalue weighted by molar-refractivity contribution is 0.0821. The molecule has 154 valence electrons. The van der Waals surface area contributed by atoms with Crippen LogP contribution >= 0.6 is 0 Å². The van der Waals surface area contributed by atoms with Crippen molar-refractivity contribution in [3.8, 4) is 5.75 Å². The van der Waals surface area contributed by atoms with Crippen molar-refractivity contribution in [3.05, 3.63) is 113 Å². The molecule has 5 nitrogen and oxygen atoms in total. The van der Waals surface area contributed by atoms with E-state index in [4.69, 9.17) is 4.74 Å². The van der Waals surface area contributed by atoms with Crippen molar-refractivity contribution in [1.82, 2.24) is 9.88 Å². The summed E-state index contributed by atoms with van der Waals surface area (Å²) in [6.07, 6.45) is 9.09. The first-order valence-electron chi connectivity index (χ1n) is 10.5. The first-order valence-corrected chi connectivity index (χ1v) is 10.5. The molecule has 1 aliphatic heterocycles. The van der Waals surface area contributed by atoms with Crippen LogP contribution in [0.2, 0.25) is 0 Å². The molecule has 2 heterocycles. The van der Waals surface area contributed by atoms with Gasteiger partial charge in [0.2, 0.25) is 0 Å². The highest BCUT2D eigenvalue weighted by Gasteiger charge is 2.32. The Morgan fingerprint density at radius 2 is 1.77 bits per heavy atom. The van der Waals surface area contributed by atoms with Crippen molar-refractivity contribution < 1.29 is 9.53 Å². The number of amides is 1. The van der Waals surface area contributed by atoms with E-state index in [0.29, 0.717) is 13.1 Å². The van der Waals surface area contributed by atoms with Crippen molar-refractivity contribution in [3.63, 3.8) is 0 Å². The molecule has 0 bridgehead atoms. The number of hydrogen-bond acceptors (Lipinski definition) is 4. The topological polar surface area (TPSA) is 54.5 Å². The van der Waals surface area contributed by atoms with Crippen LogP contribution in [0.3, 0.4) is 0 Å². The van der Waals surface area contributed by atoms with Crippen molar-refractivity contribution in [1.29, 1.82) is 0 Å². The second-order valence-corrected chi connectivity index (χ2v) is 7.65. The fourth-order valence-electron chi connectivity index (χ4n) is 4.00. The van der Waals surface area contributed by atoms with E-state index in [1.165, 1.54) is 0 Å². The van der Waals surface area contributed by atoms with E-state index in [2.05, 4.69) is 10.3 Å². The number of para-hydroxylation sites is 1. The summed E-state index contributed by atoms with van der Waals surface area (Å²) in [6.45, 7) is 1.26. The van der Waals surface area contributed by atoms with Gasteiger partial charge in [-0.1, -0.05) is 30.3 Å². The highest BCUT2D eigenvalue weighted by molar-refractivity contribution is 6.04. The van der Waals surface area contributed by atoms with E-state index < -0.39 is 0 Å². The van der Waals surface area contributed by atoms with Gasteiger partial charge >= 0.3 is 0 Å². The van der Waals surface area contributed by atoms with E-state index in [0.717, 1.165) is 52.4 Å². The smallest absolute Gasteiger partial charge is 0.260 e. The van der Waals surface area contributed by atoms with E-state index in [9.17, 15) is 4.79 Å². The molecule has 0 saturated heterocycles. The van der Waals surface area contributed by atoms with Gasteiger partial charge in [0.1, 0.15) is 11.5 Å². The first-order chi connectivity index (χ1) is 15.3. The molecule has 0 saturated carbocycles. The maximum absolute atomic E-state index is 13.3. The predicted octanol–water partition coefficient (Wildman–Crippen LogP) is 5.29. The number of pyridine rings is 1. The molecule has 2 aliphatic rings. The lowest BCUT2D eigenvalue weighted by Gasteiger charge is -2.23. The summed E-state index contributed by atoms with van der Waals surface area (Å²) in [6, 6.07) is 19.7. The third-order valence-corrected chi connectivity index (χ3v) is 5.60. The maximum Gasteiger partial charge on any atom is 0.260 e. The summed E-state index contributed by atoms with van der Waals surface area (Å²) < 4.78 is 5.95. The third kappa shape index (κ3) is 4.08. The Hall–Kier alpha value is -3.86. The number of anilines is 1. The van der Waals surface area contributed by atoms with Gasteiger partial charge in [0.15, 0.2) is 0 Å². The predicted molar refractivity (Wildman–Crippen MR) is 120 cm³/mol. The molecule has 0 radical (unpaired) electrons. The minimum Gasteiger partial charge on any atom is -0.462 e. The number of nitrogens with zero attached hydrogens (tertiary/aromatic N) is 2. The number of nitrogens with one attached hydrogen (secondary N) is 1. The molecule has 3 aromatic rings. The average molecular weight is 409 g/mol. The second kappa shape index (κ2) is 8.48. The van der Waals surface area contributed by atoms with Crippen molar-refractivity contribution in [2.75, 3.05) is 5.32 Å². The molecule has 0 fully saturated rings. The van der Waals surface area contributed by atoms with Crippen LogP contribution in [0.15, 0.2) is 96.7 Å². The number of aromatic nitrogens is 1. The zero-order valence-electron chi connectivity index (χ0n) is 17.1. The van der Waals surface area contributed by atoms with Crippen LogP contribution in [0.4, 0.5) is 5.69 Å². The molecule has 5 heteroatoms. The number of ether oxygens (including phenoxy) is 1. The largest absolute Gasteiger partial charge is 0.462 e. The van der Waals surface area contributed by atoms with Gasteiger partial charge in [-0.3, -0.25) is 9.78 Å². The van der Waals surface area contributed by atoms with E-state index in [-0.39, 0.29) is 5.91 Å². The third-order valence-electron chi connectivity index (χ3n) is 5.60. The van der Waals surface area contributed by atoms with Crippen LogP contribution in [-0.4, -0.2) is 15.8 Å². The summed E-state index contributed by atoms with van der Waals surface area (Å²) in [4.78, 5) is 19.2. The Kier molecular flexibility index (Phi) is 5.23. The van der Waals surface area contributed by atoms with Crippen LogP contribution in [0.25, 0.3) is 0 Å². The van der Waals surface area contributed by atoms with Crippen LogP contribution in [0, 0.1) is 0 Å². The van der Waals surface area contributed by atoms with Gasteiger partial charge in [-0.05, 0) is 60.0 Å². The first kappa shape index (κ1) is 19.1. The van der Waals surface area contributed by atoms with Gasteiger partial charge in [0.05, 0.1) is 12.1 Å². The molecule has 31 heavy (non-hydrogen) atoms. The summed E-state index contributed by atoms with van der Waals surface area (Å²) in [7, 11) is 0. The Morgan fingerprint density at radius 3 is 2.55 bits per heavy atom.